The third-order valence-corrected chi connectivity index (χ3v) is 8.56. The molecule has 3 aromatic heterocycles. The number of ether oxygens (including phenoxy) is 1. The van der Waals surface area contributed by atoms with Crippen molar-refractivity contribution in [2.45, 2.75) is 57.7 Å². The van der Waals surface area contributed by atoms with Crippen molar-refractivity contribution in [3.8, 4) is 5.88 Å². The lowest BCUT2D eigenvalue weighted by molar-refractivity contribution is -0.117. The summed E-state index contributed by atoms with van der Waals surface area (Å²) in [4.78, 5) is 27.0. The number of nitrogens with one attached hydrogen (secondary N) is 3. The SMILES string of the molecule is CCOc1cc(Nc2nncn2C2CCc3sc(NC(=O)[C@H]4C[C@@H]4F)c(C(=O)NCC4CC4)c3C2)n(C)n1. The highest BCUT2D eigenvalue weighted by Gasteiger charge is 2.44. The number of carbonyl (C=O) groups excluding carboxylic acids is 2. The summed E-state index contributed by atoms with van der Waals surface area (Å²) in [6, 6.07) is 1.81. The maximum atomic E-state index is 13.5. The van der Waals surface area contributed by atoms with E-state index in [2.05, 4.69) is 31.2 Å². The molecule has 2 fully saturated rings. The van der Waals surface area contributed by atoms with Gasteiger partial charge in [0, 0.05) is 30.6 Å². The van der Waals surface area contributed by atoms with E-state index in [1.54, 1.807) is 17.1 Å². The second kappa shape index (κ2) is 10.0. The highest BCUT2D eigenvalue weighted by Crippen LogP contribution is 2.43. The van der Waals surface area contributed by atoms with Gasteiger partial charge in [-0.3, -0.25) is 14.2 Å². The molecule has 6 rings (SSSR count). The van der Waals surface area contributed by atoms with Gasteiger partial charge in [0.2, 0.25) is 17.7 Å². The van der Waals surface area contributed by atoms with Crippen LogP contribution in [0.15, 0.2) is 12.4 Å². The fourth-order valence-corrected chi connectivity index (χ4v) is 6.15. The molecule has 0 aliphatic heterocycles. The average Bonchev–Trinajstić information content (AvgIpc) is 3.73. The molecule has 3 aliphatic rings. The van der Waals surface area contributed by atoms with E-state index < -0.39 is 12.1 Å². The van der Waals surface area contributed by atoms with Crippen LogP contribution in [-0.2, 0) is 24.7 Å². The van der Waals surface area contributed by atoms with Gasteiger partial charge < -0.3 is 20.7 Å². The van der Waals surface area contributed by atoms with Gasteiger partial charge in [-0.05, 0) is 56.9 Å². The van der Waals surface area contributed by atoms with Crippen LogP contribution in [0.25, 0.3) is 0 Å². The lowest BCUT2D eigenvalue weighted by Crippen LogP contribution is -2.29. The Labute approximate surface area is 223 Å². The van der Waals surface area contributed by atoms with Crippen molar-refractivity contribution < 1.29 is 18.7 Å². The van der Waals surface area contributed by atoms with Crippen molar-refractivity contribution in [1.29, 1.82) is 0 Å². The van der Waals surface area contributed by atoms with Crippen LogP contribution in [0.3, 0.4) is 0 Å². The minimum absolute atomic E-state index is 0.00591. The van der Waals surface area contributed by atoms with E-state index in [9.17, 15) is 14.0 Å². The molecular formula is C25H31FN8O3S. The molecule has 202 valence electrons. The second-order valence-corrected chi connectivity index (χ2v) is 11.3. The van der Waals surface area contributed by atoms with Crippen molar-refractivity contribution in [1.82, 2.24) is 29.9 Å². The van der Waals surface area contributed by atoms with Gasteiger partial charge in [-0.2, -0.15) is 0 Å². The Bertz CT molecular complexity index is 1360. The zero-order valence-corrected chi connectivity index (χ0v) is 22.2. The van der Waals surface area contributed by atoms with Crippen LogP contribution in [0.1, 0.15) is 59.4 Å². The minimum atomic E-state index is -1.09. The molecule has 11 nitrogen and oxygen atoms in total. The maximum Gasteiger partial charge on any atom is 0.254 e. The van der Waals surface area contributed by atoms with Crippen LogP contribution in [0.4, 0.5) is 21.2 Å². The van der Waals surface area contributed by atoms with Crippen molar-refractivity contribution in [3.63, 3.8) is 0 Å². The summed E-state index contributed by atoms with van der Waals surface area (Å²) < 4.78 is 22.7. The Morgan fingerprint density at radius 1 is 1.29 bits per heavy atom. The second-order valence-electron chi connectivity index (χ2n) is 10.2. The Balaban J connectivity index is 1.25. The van der Waals surface area contributed by atoms with Gasteiger partial charge in [-0.15, -0.1) is 26.6 Å². The maximum absolute atomic E-state index is 13.5. The number of hydrogen-bond donors (Lipinski definition) is 3. The summed E-state index contributed by atoms with van der Waals surface area (Å²) in [7, 11) is 1.82. The lowest BCUT2D eigenvalue weighted by Gasteiger charge is -2.25. The standard InChI is InChI=1S/C25H31FN8O3S/c1-3-37-20-10-19(33(2)32-20)29-25-31-28-12-34(25)14-6-7-18-16(8-14)21(23(36)27-11-13-4-5-13)24(38-18)30-22(35)15-9-17(15)26/h10,12-15,17H,3-9,11H2,1-2H3,(H,27,36)(H,29,31)(H,30,35)/t14?,15-,17-/m0/s1. The molecule has 2 amide bonds. The Kier molecular flexibility index (Phi) is 6.54. The molecule has 3 atom stereocenters. The van der Waals surface area contributed by atoms with Crippen LogP contribution in [0.5, 0.6) is 5.88 Å². The summed E-state index contributed by atoms with van der Waals surface area (Å²) in [5, 5.41) is 22.5. The zero-order chi connectivity index (χ0) is 26.4. The number of halogens is 1. The number of alkyl halides is 1. The van der Waals surface area contributed by atoms with Crippen LogP contribution >= 0.6 is 11.3 Å². The van der Waals surface area contributed by atoms with Crippen LogP contribution in [0.2, 0.25) is 0 Å². The third-order valence-electron chi connectivity index (χ3n) is 7.35. The number of hydrogen-bond acceptors (Lipinski definition) is 8. The average molecular weight is 543 g/mol. The van der Waals surface area contributed by atoms with Crippen LogP contribution in [-0.4, -0.2) is 55.7 Å². The van der Waals surface area contributed by atoms with Gasteiger partial charge in [0.1, 0.15) is 23.3 Å². The Morgan fingerprint density at radius 2 is 2.11 bits per heavy atom. The fourth-order valence-electron chi connectivity index (χ4n) is 4.91. The van der Waals surface area contributed by atoms with Crippen molar-refractivity contribution in [2.24, 2.45) is 18.9 Å². The number of aromatic nitrogens is 5. The molecular weight excluding hydrogens is 511 g/mol. The number of rotatable bonds is 10. The summed E-state index contributed by atoms with van der Waals surface area (Å²) >= 11 is 1.43. The van der Waals surface area contributed by atoms with Gasteiger partial charge in [-0.1, -0.05) is 0 Å². The monoisotopic (exact) mass is 542 g/mol. The highest BCUT2D eigenvalue weighted by atomic mass is 32.1. The summed E-state index contributed by atoms with van der Waals surface area (Å²) in [5.41, 5.74) is 1.44. The molecule has 38 heavy (non-hydrogen) atoms. The van der Waals surface area contributed by atoms with Gasteiger partial charge >= 0.3 is 0 Å². The lowest BCUT2D eigenvalue weighted by atomic mass is 9.91. The summed E-state index contributed by atoms with van der Waals surface area (Å²) in [6.45, 7) is 3.05. The number of nitrogens with zero attached hydrogens (tertiary/aromatic N) is 5. The first kappa shape index (κ1) is 24.8. The minimum Gasteiger partial charge on any atom is -0.477 e. The number of aryl methyl sites for hydroxylation is 2. The zero-order valence-electron chi connectivity index (χ0n) is 21.4. The number of carbonyl (C=O) groups is 2. The Hall–Kier alpha value is -3.48. The molecule has 3 aliphatic carbocycles. The molecule has 1 unspecified atom stereocenters. The van der Waals surface area contributed by atoms with E-state index in [0.717, 1.165) is 36.1 Å². The summed E-state index contributed by atoms with van der Waals surface area (Å²) in [6.07, 6.45) is 5.25. The highest BCUT2D eigenvalue weighted by molar-refractivity contribution is 7.17. The topological polar surface area (TPSA) is 128 Å². The fraction of sp³-hybridized carbons (Fsp3) is 0.560. The van der Waals surface area contributed by atoms with Gasteiger partial charge in [0.15, 0.2) is 0 Å². The van der Waals surface area contributed by atoms with E-state index in [1.165, 1.54) is 11.3 Å². The third kappa shape index (κ3) is 4.98. The summed E-state index contributed by atoms with van der Waals surface area (Å²) in [5.74, 6) is 1.17. The van der Waals surface area contributed by atoms with E-state index >= 15 is 0 Å². The molecule has 3 aromatic rings. The molecule has 0 aromatic carbocycles. The number of amides is 2. The molecule has 13 heteroatoms. The van der Waals surface area contributed by atoms with Crippen LogP contribution < -0.4 is 20.7 Å². The normalized spacial score (nSPS) is 22.0. The first-order chi connectivity index (χ1) is 18.4. The molecule has 2 saturated carbocycles. The van der Waals surface area contributed by atoms with Gasteiger partial charge in [0.05, 0.1) is 18.1 Å². The molecule has 0 bridgehead atoms. The van der Waals surface area contributed by atoms with Crippen molar-refractivity contribution in [3.05, 3.63) is 28.4 Å². The molecule has 0 spiro atoms. The van der Waals surface area contributed by atoms with Crippen molar-refractivity contribution >= 4 is 39.9 Å². The largest absolute Gasteiger partial charge is 0.477 e. The predicted molar refractivity (Wildman–Crippen MR) is 140 cm³/mol. The van der Waals surface area contributed by atoms with E-state index in [1.807, 2.05) is 18.5 Å². The number of thiophene rings is 1. The number of fused-ring (bicyclic) bond motifs is 1. The van der Waals surface area contributed by atoms with Gasteiger partial charge in [0.25, 0.3) is 5.91 Å². The number of anilines is 3. The van der Waals surface area contributed by atoms with E-state index in [0.29, 0.717) is 53.7 Å². The van der Waals surface area contributed by atoms with Crippen molar-refractivity contribution in [2.75, 3.05) is 23.8 Å². The molecule has 3 heterocycles. The van der Waals surface area contributed by atoms with Gasteiger partial charge in [-0.25, -0.2) is 9.07 Å². The first-order valence-corrected chi connectivity index (χ1v) is 13.9. The first-order valence-electron chi connectivity index (χ1n) is 13.1. The molecule has 0 radical (unpaired) electrons. The Morgan fingerprint density at radius 3 is 2.84 bits per heavy atom. The molecule has 0 saturated heterocycles. The predicted octanol–water partition coefficient (Wildman–Crippen LogP) is 3.38. The molecule has 3 N–H and O–H groups in total. The van der Waals surface area contributed by atoms with E-state index in [4.69, 9.17) is 4.74 Å². The smallest absolute Gasteiger partial charge is 0.254 e. The van der Waals surface area contributed by atoms with E-state index in [-0.39, 0.29) is 24.3 Å². The van der Waals surface area contributed by atoms with Crippen LogP contribution in [0, 0.1) is 11.8 Å². The quantitative estimate of drug-likeness (QED) is 0.358.